The second-order valence-corrected chi connectivity index (χ2v) is 4.96. The normalized spacial score (nSPS) is 11.1. The summed E-state index contributed by atoms with van der Waals surface area (Å²) in [6, 6.07) is 6.14. The predicted molar refractivity (Wildman–Crippen MR) is 81.5 cm³/mol. The van der Waals surface area contributed by atoms with E-state index in [1.165, 1.54) is 0 Å². The van der Waals surface area contributed by atoms with Crippen LogP contribution < -0.4 is 0 Å². The van der Waals surface area contributed by atoms with E-state index >= 15 is 0 Å². The molecule has 0 bridgehead atoms. The minimum absolute atomic E-state index is 0.884. The molecule has 4 rings (SSSR count). The maximum absolute atomic E-state index is 4.50. The molecule has 0 aliphatic heterocycles. The van der Waals surface area contributed by atoms with E-state index in [1.807, 2.05) is 44.0 Å². The topological polar surface area (TPSA) is 59.4 Å². The Labute approximate surface area is 121 Å². The number of pyridine rings is 2. The summed E-state index contributed by atoms with van der Waals surface area (Å²) < 4.78 is 1.79. The molecule has 0 spiro atoms. The van der Waals surface area contributed by atoms with Crippen molar-refractivity contribution < 1.29 is 0 Å². The summed E-state index contributed by atoms with van der Waals surface area (Å²) in [6.45, 7) is 0. The van der Waals surface area contributed by atoms with Crippen LogP contribution in [0.3, 0.4) is 0 Å². The number of nitrogens with zero attached hydrogens (tertiary/aromatic N) is 4. The van der Waals surface area contributed by atoms with Crippen molar-refractivity contribution in [1.29, 1.82) is 0 Å². The lowest BCUT2D eigenvalue weighted by Gasteiger charge is -2.01. The van der Waals surface area contributed by atoms with Gasteiger partial charge in [-0.05, 0) is 23.8 Å². The molecule has 0 unspecified atom stereocenters. The molecule has 0 aliphatic rings. The number of hydrogen-bond donors (Lipinski definition) is 1. The highest BCUT2D eigenvalue weighted by molar-refractivity contribution is 5.95. The van der Waals surface area contributed by atoms with Gasteiger partial charge in [-0.1, -0.05) is 0 Å². The fourth-order valence-electron chi connectivity index (χ4n) is 2.50. The second-order valence-electron chi connectivity index (χ2n) is 4.96. The van der Waals surface area contributed by atoms with Gasteiger partial charge in [-0.2, -0.15) is 5.10 Å². The Hall–Kier alpha value is -2.95. The van der Waals surface area contributed by atoms with E-state index in [9.17, 15) is 0 Å². The lowest BCUT2D eigenvalue weighted by atomic mass is 10.0. The first-order chi connectivity index (χ1) is 10.3. The summed E-state index contributed by atoms with van der Waals surface area (Å²) in [5.74, 6) is 0. The van der Waals surface area contributed by atoms with E-state index in [1.54, 1.807) is 17.1 Å². The maximum atomic E-state index is 4.50. The largest absolute Gasteiger partial charge is 0.346 e. The van der Waals surface area contributed by atoms with Crippen molar-refractivity contribution in [3.63, 3.8) is 0 Å². The van der Waals surface area contributed by atoms with Crippen molar-refractivity contribution in [2.75, 3.05) is 0 Å². The van der Waals surface area contributed by atoms with E-state index in [0.717, 1.165) is 33.3 Å². The third kappa shape index (κ3) is 1.99. The highest BCUT2D eigenvalue weighted by atomic mass is 15.2. The van der Waals surface area contributed by atoms with E-state index in [-0.39, 0.29) is 0 Å². The molecule has 4 aromatic rings. The molecule has 4 heterocycles. The maximum Gasteiger partial charge on any atom is 0.137 e. The Morgan fingerprint density at radius 3 is 2.67 bits per heavy atom. The van der Waals surface area contributed by atoms with Gasteiger partial charge >= 0.3 is 0 Å². The van der Waals surface area contributed by atoms with E-state index in [0.29, 0.717) is 0 Å². The second kappa shape index (κ2) is 4.56. The average Bonchev–Trinajstić information content (AvgIpc) is 3.13. The van der Waals surface area contributed by atoms with E-state index in [4.69, 9.17) is 0 Å². The van der Waals surface area contributed by atoms with Crippen LogP contribution in [-0.4, -0.2) is 24.7 Å². The molecule has 1 N–H and O–H groups in total. The van der Waals surface area contributed by atoms with Crippen LogP contribution in [0.4, 0.5) is 0 Å². The van der Waals surface area contributed by atoms with Crippen molar-refractivity contribution in [3.05, 3.63) is 55.4 Å². The van der Waals surface area contributed by atoms with Gasteiger partial charge in [-0.25, -0.2) is 4.98 Å². The number of aryl methyl sites for hydroxylation is 1. The highest BCUT2D eigenvalue weighted by Crippen LogP contribution is 2.30. The van der Waals surface area contributed by atoms with Gasteiger partial charge in [0.1, 0.15) is 5.65 Å². The molecule has 0 atom stereocenters. The molecule has 0 amide bonds. The molecule has 0 aromatic carbocycles. The van der Waals surface area contributed by atoms with E-state index in [2.05, 4.69) is 26.1 Å². The molecular formula is C16H13N5. The third-order valence-corrected chi connectivity index (χ3v) is 3.56. The van der Waals surface area contributed by atoms with Crippen LogP contribution in [0.2, 0.25) is 0 Å². The molecule has 0 saturated heterocycles. The Bertz CT molecular complexity index is 905. The van der Waals surface area contributed by atoms with Crippen molar-refractivity contribution in [2.45, 2.75) is 0 Å². The van der Waals surface area contributed by atoms with Crippen molar-refractivity contribution in [2.24, 2.45) is 7.05 Å². The van der Waals surface area contributed by atoms with Crippen LogP contribution >= 0.6 is 0 Å². The molecule has 4 aromatic heterocycles. The standard InChI is InChI=1S/C16H13N5/c1-21-10-13(8-20-21)12-6-14-15(9-19-16(14)18-7-12)11-2-4-17-5-3-11/h2-10H,1H3,(H,18,19). The molecule has 102 valence electrons. The van der Waals surface area contributed by atoms with Crippen LogP contribution in [0, 0.1) is 0 Å². The lowest BCUT2D eigenvalue weighted by molar-refractivity contribution is 0.768. The van der Waals surface area contributed by atoms with Crippen LogP contribution in [-0.2, 0) is 7.05 Å². The summed E-state index contributed by atoms with van der Waals surface area (Å²) in [5.41, 5.74) is 5.26. The number of H-pyrrole nitrogens is 1. The summed E-state index contributed by atoms with van der Waals surface area (Å²) in [6.07, 6.45) is 11.3. The molecule has 0 radical (unpaired) electrons. The number of aromatic nitrogens is 5. The van der Waals surface area contributed by atoms with E-state index < -0.39 is 0 Å². The number of rotatable bonds is 2. The summed E-state index contributed by atoms with van der Waals surface area (Å²) in [4.78, 5) is 11.8. The van der Waals surface area contributed by atoms with Crippen LogP contribution in [0.25, 0.3) is 33.3 Å². The number of nitrogens with one attached hydrogen (secondary N) is 1. The van der Waals surface area contributed by atoms with Gasteiger partial charge in [-0.15, -0.1) is 0 Å². The quantitative estimate of drug-likeness (QED) is 0.611. The van der Waals surface area contributed by atoms with Gasteiger partial charge < -0.3 is 4.98 Å². The minimum atomic E-state index is 0.884. The summed E-state index contributed by atoms with van der Waals surface area (Å²) in [7, 11) is 1.91. The van der Waals surface area contributed by atoms with Gasteiger partial charge in [0.2, 0.25) is 0 Å². The first-order valence-corrected chi connectivity index (χ1v) is 6.68. The number of hydrogen-bond acceptors (Lipinski definition) is 3. The van der Waals surface area contributed by atoms with Gasteiger partial charge in [0, 0.05) is 60.1 Å². The lowest BCUT2D eigenvalue weighted by Crippen LogP contribution is -1.84. The average molecular weight is 275 g/mol. The zero-order chi connectivity index (χ0) is 14.2. The zero-order valence-electron chi connectivity index (χ0n) is 11.5. The highest BCUT2D eigenvalue weighted by Gasteiger charge is 2.09. The fourth-order valence-corrected chi connectivity index (χ4v) is 2.50. The molecule has 0 saturated carbocycles. The Morgan fingerprint density at radius 2 is 1.90 bits per heavy atom. The van der Waals surface area contributed by atoms with Crippen LogP contribution in [0.5, 0.6) is 0 Å². The predicted octanol–water partition coefficient (Wildman–Crippen LogP) is 3.03. The SMILES string of the molecule is Cn1cc(-c2cnc3[nH]cc(-c4ccncc4)c3c2)cn1. The summed E-state index contributed by atoms with van der Waals surface area (Å²) >= 11 is 0. The van der Waals surface area contributed by atoms with Crippen molar-refractivity contribution in [3.8, 4) is 22.3 Å². The fraction of sp³-hybridized carbons (Fsp3) is 0.0625. The summed E-state index contributed by atoms with van der Waals surface area (Å²) in [5, 5.41) is 5.31. The molecule has 0 fully saturated rings. The van der Waals surface area contributed by atoms with Gasteiger partial charge in [0.05, 0.1) is 6.20 Å². The molecule has 21 heavy (non-hydrogen) atoms. The monoisotopic (exact) mass is 275 g/mol. The molecule has 5 heteroatoms. The van der Waals surface area contributed by atoms with Crippen LogP contribution in [0.15, 0.2) is 55.4 Å². The van der Waals surface area contributed by atoms with Crippen molar-refractivity contribution >= 4 is 11.0 Å². The van der Waals surface area contributed by atoms with Gasteiger partial charge in [0.25, 0.3) is 0 Å². The number of fused-ring (bicyclic) bond motifs is 1. The zero-order valence-corrected chi connectivity index (χ0v) is 11.5. The first kappa shape index (κ1) is 11.8. The molecular weight excluding hydrogens is 262 g/mol. The Kier molecular flexibility index (Phi) is 2.57. The Morgan fingerprint density at radius 1 is 1.05 bits per heavy atom. The smallest absolute Gasteiger partial charge is 0.137 e. The van der Waals surface area contributed by atoms with Crippen molar-refractivity contribution in [1.82, 2.24) is 24.7 Å². The van der Waals surface area contributed by atoms with Crippen LogP contribution in [0.1, 0.15) is 0 Å². The van der Waals surface area contributed by atoms with Gasteiger partial charge in [0.15, 0.2) is 0 Å². The third-order valence-electron chi connectivity index (χ3n) is 3.56. The number of aromatic amines is 1. The Balaban J connectivity index is 1.90. The molecule has 5 nitrogen and oxygen atoms in total. The van der Waals surface area contributed by atoms with Gasteiger partial charge in [-0.3, -0.25) is 9.67 Å². The first-order valence-electron chi connectivity index (χ1n) is 6.68. The minimum Gasteiger partial charge on any atom is -0.346 e. The molecule has 0 aliphatic carbocycles.